The Bertz CT molecular complexity index is 1030. The molecular formula is C20H21N5O3S. The van der Waals surface area contributed by atoms with Crippen LogP contribution in [0.1, 0.15) is 23.2 Å². The number of benzene rings is 1. The maximum absolute atomic E-state index is 12.3. The molecule has 0 saturated carbocycles. The minimum atomic E-state index is -0.636. The van der Waals surface area contributed by atoms with Crippen molar-refractivity contribution in [2.24, 2.45) is 0 Å². The van der Waals surface area contributed by atoms with Gasteiger partial charge in [0.15, 0.2) is 5.00 Å². The summed E-state index contributed by atoms with van der Waals surface area (Å²) in [5.41, 5.74) is 3.12. The molecule has 3 N–H and O–H groups in total. The molecule has 3 aromatic rings. The van der Waals surface area contributed by atoms with Crippen molar-refractivity contribution in [2.45, 2.75) is 27.3 Å². The summed E-state index contributed by atoms with van der Waals surface area (Å²) < 4.78 is 5.40. The number of aromatic nitrogens is 2. The lowest BCUT2D eigenvalue weighted by molar-refractivity contribution is -0.119. The Morgan fingerprint density at radius 3 is 2.72 bits per heavy atom. The van der Waals surface area contributed by atoms with E-state index in [2.05, 4.69) is 25.9 Å². The first-order valence-corrected chi connectivity index (χ1v) is 9.70. The van der Waals surface area contributed by atoms with Gasteiger partial charge in [-0.15, -0.1) is 0 Å². The zero-order chi connectivity index (χ0) is 20.8. The summed E-state index contributed by atoms with van der Waals surface area (Å²) >= 11 is 1.38. The monoisotopic (exact) mass is 411 g/mol. The van der Waals surface area contributed by atoms with Gasteiger partial charge in [-0.05, 0) is 43.7 Å². The Hall–Kier alpha value is -3.46. The summed E-state index contributed by atoms with van der Waals surface area (Å²) in [4.78, 5) is 31.7. The van der Waals surface area contributed by atoms with Gasteiger partial charge in [-0.1, -0.05) is 23.5 Å². The number of anilines is 3. The molecule has 0 unspecified atom stereocenters. The fourth-order valence-corrected chi connectivity index (χ4v) is 3.29. The molecule has 1 aromatic carbocycles. The highest BCUT2D eigenvalue weighted by molar-refractivity contribution is 7.16. The van der Waals surface area contributed by atoms with Gasteiger partial charge in [-0.25, -0.2) is 9.78 Å². The Morgan fingerprint density at radius 1 is 1.14 bits per heavy atom. The van der Waals surface area contributed by atoms with Crippen molar-refractivity contribution in [1.82, 2.24) is 15.3 Å². The van der Waals surface area contributed by atoms with Gasteiger partial charge in [0.1, 0.15) is 0 Å². The Kier molecular flexibility index (Phi) is 6.40. The average molecular weight is 411 g/mol. The van der Waals surface area contributed by atoms with Crippen LogP contribution in [-0.2, 0) is 11.3 Å². The quantitative estimate of drug-likeness (QED) is 0.563. The number of hydrogen-bond acceptors (Lipinski definition) is 7. The number of aryl methyl sites for hydroxylation is 2. The van der Waals surface area contributed by atoms with E-state index >= 15 is 0 Å². The minimum absolute atomic E-state index is 0.0902. The maximum Gasteiger partial charge on any atom is 0.418 e. The van der Waals surface area contributed by atoms with Gasteiger partial charge in [-0.3, -0.25) is 15.1 Å². The number of rotatable bonds is 6. The number of nitrogens with zero attached hydrogens (tertiary/aromatic N) is 2. The summed E-state index contributed by atoms with van der Waals surface area (Å²) in [5, 5.41) is 10.0. The van der Waals surface area contributed by atoms with Crippen LogP contribution in [0.3, 0.4) is 0 Å². The summed E-state index contributed by atoms with van der Waals surface area (Å²) in [6, 6.07) is 11.0. The van der Waals surface area contributed by atoms with E-state index in [9.17, 15) is 9.59 Å². The summed E-state index contributed by atoms with van der Waals surface area (Å²) in [5.74, 6) is 0.107. The number of ether oxygens (including phenoxy) is 1. The summed E-state index contributed by atoms with van der Waals surface area (Å²) in [7, 11) is 0. The Morgan fingerprint density at radius 2 is 1.97 bits per heavy atom. The normalized spacial score (nSPS) is 10.3. The molecule has 0 radical (unpaired) electrons. The highest BCUT2D eigenvalue weighted by Crippen LogP contribution is 2.34. The third-order valence-electron chi connectivity index (χ3n) is 3.76. The van der Waals surface area contributed by atoms with Crippen molar-refractivity contribution < 1.29 is 14.3 Å². The molecule has 0 fully saturated rings. The SMILES string of the molecule is CC(=O)NCc1cccc(Nc2sc(C)nc2OC(=O)Nc2ccnc(C)c2)c1. The Labute approximate surface area is 172 Å². The van der Waals surface area contributed by atoms with Gasteiger partial charge < -0.3 is 15.4 Å². The zero-order valence-corrected chi connectivity index (χ0v) is 17.1. The number of hydrogen-bond donors (Lipinski definition) is 3. The lowest BCUT2D eigenvalue weighted by Gasteiger charge is -2.09. The molecule has 9 heteroatoms. The van der Waals surface area contributed by atoms with Crippen LogP contribution in [0.4, 0.5) is 21.2 Å². The van der Waals surface area contributed by atoms with Gasteiger partial charge in [-0.2, -0.15) is 0 Å². The van der Waals surface area contributed by atoms with Crippen molar-refractivity contribution in [1.29, 1.82) is 0 Å². The van der Waals surface area contributed by atoms with Gasteiger partial charge in [0.2, 0.25) is 5.91 Å². The van der Waals surface area contributed by atoms with E-state index in [0.717, 1.165) is 22.0 Å². The predicted octanol–water partition coefficient (Wildman–Crippen LogP) is 4.15. The van der Waals surface area contributed by atoms with Crippen molar-refractivity contribution in [2.75, 3.05) is 10.6 Å². The average Bonchev–Trinajstić information content (AvgIpc) is 2.99. The number of carbonyl (C=O) groups excluding carboxylic acids is 2. The molecule has 0 bridgehead atoms. The van der Waals surface area contributed by atoms with Crippen LogP contribution in [0.25, 0.3) is 0 Å². The second kappa shape index (κ2) is 9.16. The lowest BCUT2D eigenvalue weighted by atomic mass is 10.2. The van der Waals surface area contributed by atoms with Gasteiger partial charge in [0, 0.05) is 36.7 Å². The molecule has 2 amide bonds. The van der Waals surface area contributed by atoms with E-state index < -0.39 is 6.09 Å². The van der Waals surface area contributed by atoms with Crippen LogP contribution in [0.15, 0.2) is 42.6 Å². The van der Waals surface area contributed by atoms with E-state index in [1.807, 2.05) is 38.1 Å². The molecule has 150 valence electrons. The molecule has 0 atom stereocenters. The molecular weight excluding hydrogens is 390 g/mol. The largest absolute Gasteiger partial charge is 0.418 e. The third kappa shape index (κ3) is 6.01. The molecule has 3 rings (SSSR count). The van der Waals surface area contributed by atoms with E-state index in [4.69, 9.17) is 4.74 Å². The lowest BCUT2D eigenvalue weighted by Crippen LogP contribution is -2.18. The van der Waals surface area contributed by atoms with Crippen LogP contribution in [0.2, 0.25) is 0 Å². The summed E-state index contributed by atoms with van der Waals surface area (Å²) in [6.07, 6.45) is 0.974. The zero-order valence-electron chi connectivity index (χ0n) is 16.3. The van der Waals surface area contributed by atoms with E-state index in [1.54, 1.807) is 18.3 Å². The number of pyridine rings is 1. The fourth-order valence-electron chi connectivity index (χ4n) is 2.53. The molecule has 0 aliphatic carbocycles. The fraction of sp³-hybridized carbons (Fsp3) is 0.200. The topological polar surface area (TPSA) is 105 Å². The third-order valence-corrected chi connectivity index (χ3v) is 4.63. The van der Waals surface area contributed by atoms with Crippen molar-refractivity contribution in [3.8, 4) is 5.88 Å². The van der Waals surface area contributed by atoms with Crippen LogP contribution >= 0.6 is 11.3 Å². The molecule has 2 heterocycles. The molecule has 0 aliphatic heterocycles. The van der Waals surface area contributed by atoms with Crippen molar-refractivity contribution in [3.63, 3.8) is 0 Å². The second-order valence-electron chi connectivity index (χ2n) is 6.30. The highest BCUT2D eigenvalue weighted by atomic mass is 32.1. The van der Waals surface area contributed by atoms with Crippen molar-refractivity contribution >= 4 is 39.7 Å². The molecule has 0 spiro atoms. The highest BCUT2D eigenvalue weighted by Gasteiger charge is 2.15. The first-order valence-electron chi connectivity index (χ1n) is 8.88. The standard InChI is InChI=1S/C20H21N5O3S/c1-12-9-17(7-8-21-12)25-20(27)28-18-19(29-14(3)23-18)24-16-6-4-5-15(10-16)11-22-13(2)26/h4-10,24H,11H2,1-3H3,(H,22,26)(H,21,25,27). The van der Waals surface area contributed by atoms with Crippen LogP contribution < -0.4 is 20.7 Å². The first-order chi connectivity index (χ1) is 13.9. The van der Waals surface area contributed by atoms with E-state index in [1.165, 1.54) is 18.3 Å². The predicted molar refractivity (Wildman–Crippen MR) is 113 cm³/mol. The maximum atomic E-state index is 12.3. The number of nitrogens with one attached hydrogen (secondary N) is 3. The number of carbonyl (C=O) groups is 2. The number of amides is 2. The van der Waals surface area contributed by atoms with E-state index in [0.29, 0.717) is 17.2 Å². The molecule has 8 nitrogen and oxygen atoms in total. The molecule has 0 aliphatic rings. The molecule has 2 aromatic heterocycles. The first kappa shape index (κ1) is 20.3. The van der Waals surface area contributed by atoms with Crippen LogP contribution in [0, 0.1) is 13.8 Å². The second-order valence-corrected chi connectivity index (χ2v) is 7.51. The van der Waals surface area contributed by atoms with Crippen molar-refractivity contribution in [3.05, 3.63) is 58.9 Å². The molecule has 29 heavy (non-hydrogen) atoms. The van der Waals surface area contributed by atoms with Gasteiger partial charge in [0.25, 0.3) is 5.88 Å². The van der Waals surface area contributed by atoms with Gasteiger partial charge in [0.05, 0.1) is 5.01 Å². The molecule has 0 saturated heterocycles. The van der Waals surface area contributed by atoms with Gasteiger partial charge >= 0.3 is 6.09 Å². The van der Waals surface area contributed by atoms with Crippen LogP contribution in [0.5, 0.6) is 5.88 Å². The van der Waals surface area contributed by atoms with E-state index in [-0.39, 0.29) is 11.8 Å². The number of thiazole rings is 1. The minimum Gasteiger partial charge on any atom is -0.388 e. The smallest absolute Gasteiger partial charge is 0.388 e. The van der Waals surface area contributed by atoms with Crippen LogP contribution in [-0.4, -0.2) is 22.0 Å². The Balaban J connectivity index is 1.69. The summed E-state index contributed by atoms with van der Waals surface area (Å²) in [6.45, 7) is 5.58.